The van der Waals surface area contributed by atoms with Crippen LogP contribution in [0.4, 0.5) is 5.13 Å². The fraction of sp³-hybridized carbons (Fsp3) is 0.444. The summed E-state index contributed by atoms with van der Waals surface area (Å²) in [5.41, 5.74) is 1.08. The maximum atomic E-state index is 12.4. The fourth-order valence-corrected chi connectivity index (χ4v) is 3.94. The van der Waals surface area contributed by atoms with E-state index in [1.807, 2.05) is 31.2 Å². The minimum atomic E-state index is -0.336. The predicted octanol–water partition coefficient (Wildman–Crippen LogP) is 2.86. The van der Waals surface area contributed by atoms with Crippen LogP contribution in [0.3, 0.4) is 0 Å². The molecule has 2 aromatic rings. The zero-order chi connectivity index (χ0) is 18.5. The molecule has 1 aromatic carbocycles. The van der Waals surface area contributed by atoms with Gasteiger partial charge in [-0.2, -0.15) is 0 Å². The first kappa shape index (κ1) is 18.8. The Bertz CT molecular complexity index is 795. The van der Waals surface area contributed by atoms with Crippen LogP contribution in [0.15, 0.2) is 24.3 Å². The molecule has 0 saturated carbocycles. The summed E-state index contributed by atoms with van der Waals surface area (Å²) < 4.78 is 0. The number of anilines is 1. The first-order valence-electron chi connectivity index (χ1n) is 8.72. The zero-order valence-corrected chi connectivity index (χ0v) is 16.1. The molecule has 1 aliphatic rings. The molecule has 1 N–H and O–H groups in total. The van der Waals surface area contributed by atoms with E-state index in [1.54, 1.807) is 4.90 Å². The van der Waals surface area contributed by atoms with Crippen LogP contribution in [0, 0.1) is 5.92 Å². The van der Waals surface area contributed by atoms with Crippen LogP contribution in [0.2, 0.25) is 5.02 Å². The highest BCUT2D eigenvalue weighted by molar-refractivity contribution is 7.15. The highest BCUT2D eigenvalue weighted by atomic mass is 35.5. The highest BCUT2D eigenvalue weighted by Crippen LogP contribution is 2.28. The third-order valence-corrected chi connectivity index (χ3v) is 5.82. The number of halogens is 1. The number of benzene rings is 1. The van der Waals surface area contributed by atoms with E-state index in [1.165, 1.54) is 11.3 Å². The van der Waals surface area contributed by atoms with Gasteiger partial charge in [0.05, 0.1) is 5.92 Å². The molecule has 8 heteroatoms. The van der Waals surface area contributed by atoms with E-state index in [0.29, 0.717) is 18.2 Å². The molecule has 138 valence electrons. The summed E-state index contributed by atoms with van der Waals surface area (Å²) in [4.78, 5) is 26.1. The second kappa shape index (κ2) is 8.60. The number of carbonyl (C=O) groups excluding carboxylic acids is 2. The van der Waals surface area contributed by atoms with Gasteiger partial charge in [-0.05, 0) is 30.9 Å². The molecule has 6 nitrogen and oxygen atoms in total. The van der Waals surface area contributed by atoms with Crippen LogP contribution in [0.5, 0.6) is 0 Å². The summed E-state index contributed by atoms with van der Waals surface area (Å²) >= 11 is 7.54. The Hall–Kier alpha value is -1.99. The molecule has 0 aliphatic carbocycles. The molecular formula is C18H21ClN4O2S. The van der Waals surface area contributed by atoms with Crippen molar-refractivity contribution in [2.45, 2.75) is 32.6 Å². The minimum Gasteiger partial charge on any atom is -0.356 e. The topological polar surface area (TPSA) is 75.2 Å². The van der Waals surface area contributed by atoms with Crippen LogP contribution >= 0.6 is 22.9 Å². The Morgan fingerprint density at radius 2 is 2.19 bits per heavy atom. The molecule has 1 aliphatic heterocycles. The number of aryl methyl sites for hydroxylation is 2. The highest BCUT2D eigenvalue weighted by Gasteiger charge is 2.36. The maximum Gasteiger partial charge on any atom is 0.229 e. The SMILES string of the molecule is CCc1nnc(N2CC(C(=O)NCCCc3ccccc3Cl)CC2=O)s1. The van der Waals surface area contributed by atoms with Crippen molar-refractivity contribution in [3.8, 4) is 0 Å². The van der Waals surface area contributed by atoms with Crippen LogP contribution in [-0.2, 0) is 22.4 Å². The van der Waals surface area contributed by atoms with Gasteiger partial charge in [-0.1, -0.05) is 48.1 Å². The largest absolute Gasteiger partial charge is 0.356 e. The molecule has 0 bridgehead atoms. The van der Waals surface area contributed by atoms with E-state index in [9.17, 15) is 9.59 Å². The zero-order valence-electron chi connectivity index (χ0n) is 14.6. The van der Waals surface area contributed by atoms with Gasteiger partial charge in [0.2, 0.25) is 16.9 Å². The van der Waals surface area contributed by atoms with Crippen molar-refractivity contribution in [2.24, 2.45) is 5.92 Å². The number of carbonyl (C=O) groups is 2. The summed E-state index contributed by atoms with van der Waals surface area (Å²) in [5.74, 6) is -0.489. The quantitative estimate of drug-likeness (QED) is 0.735. The second-order valence-corrected chi connectivity index (χ2v) is 7.67. The van der Waals surface area contributed by atoms with Gasteiger partial charge in [-0.15, -0.1) is 10.2 Å². The Balaban J connectivity index is 1.46. The summed E-state index contributed by atoms with van der Waals surface area (Å²) in [6, 6.07) is 7.71. The second-order valence-electron chi connectivity index (χ2n) is 6.22. The van der Waals surface area contributed by atoms with E-state index in [0.717, 1.165) is 34.9 Å². The number of rotatable bonds is 7. The number of hydrogen-bond donors (Lipinski definition) is 1. The molecule has 1 fully saturated rings. The lowest BCUT2D eigenvalue weighted by molar-refractivity contribution is -0.126. The minimum absolute atomic E-state index is 0.0694. The summed E-state index contributed by atoms with van der Waals surface area (Å²) in [5, 5.41) is 13.3. The first-order valence-corrected chi connectivity index (χ1v) is 9.91. The number of aromatic nitrogens is 2. The Kier molecular flexibility index (Phi) is 6.21. The van der Waals surface area contributed by atoms with Crippen molar-refractivity contribution < 1.29 is 9.59 Å². The third kappa shape index (κ3) is 4.40. The average molecular weight is 393 g/mol. The van der Waals surface area contributed by atoms with Gasteiger partial charge in [0.25, 0.3) is 0 Å². The van der Waals surface area contributed by atoms with E-state index < -0.39 is 0 Å². The van der Waals surface area contributed by atoms with Gasteiger partial charge in [0, 0.05) is 24.5 Å². The summed E-state index contributed by atoms with van der Waals surface area (Å²) in [6.45, 7) is 2.93. The van der Waals surface area contributed by atoms with Gasteiger partial charge < -0.3 is 5.32 Å². The molecule has 3 rings (SSSR count). The molecule has 1 saturated heterocycles. The molecule has 1 unspecified atom stereocenters. The lowest BCUT2D eigenvalue weighted by Gasteiger charge is -2.12. The van der Waals surface area contributed by atoms with Crippen molar-refractivity contribution in [2.75, 3.05) is 18.0 Å². The summed E-state index contributed by atoms with van der Waals surface area (Å²) in [7, 11) is 0. The van der Waals surface area contributed by atoms with Crippen LogP contribution in [0.25, 0.3) is 0 Å². The fourth-order valence-electron chi connectivity index (χ4n) is 2.90. The van der Waals surface area contributed by atoms with Crippen molar-refractivity contribution >= 4 is 39.9 Å². The van der Waals surface area contributed by atoms with Crippen LogP contribution < -0.4 is 10.2 Å². The van der Waals surface area contributed by atoms with E-state index >= 15 is 0 Å². The summed E-state index contributed by atoms with van der Waals surface area (Å²) in [6.07, 6.45) is 2.61. The molecule has 2 amide bonds. The third-order valence-electron chi connectivity index (χ3n) is 4.37. The Morgan fingerprint density at radius 3 is 2.92 bits per heavy atom. The molecular weight excluding hydrogens is 372 g/mol. The molecule has 1 aromatic heterocycles. The Labute approximate surface area is 161 Å². The normalized spacial score (nSPS) is 16.9. The number of nitrogens with one attached hydrogen (secondary N) is 1. The van der Waals surface area contributed by atoms with E-state index in [2.05, 4.69) is 15.5 Å². The van der Waals surface area contributed by atoms with Crippen molar-refractivity contribution in [1.82, 2.24) is 15.5 Å². The van der Waals surface area contributed by atoms with E-state index in [-0.39, 0.29) is 24.2 Å². The van der Waals surface area contributed by atoms with Gasteiger partial charge in [0.15, 0.2) is 0 Å². The van der Waals surface area contributed by atoms with Crippen molar-refractivity contribution in [1.29, 1.82) is 0 Å². The molecule has 1 atom stereocenters. The lowest BCUT2D eigenvalue weighted by atomic mass is 10.1. The molecule has 2 heterocycles. The molecule has 0 radical (unpaired) electrons. The van der Waals surface area contributed by atoms with E-state index in [4.69, 9.17) is 11.6 Å². The monoisotopic (exact) mass is 392 g/mol. The number of nitrogens with zero attached hydrogens (tertiary/aromatic N) is 3. The van der Waals surface area contributed by atoms with Gasteiger partial charge in [-0.3, -0.25) is 14.5 Å². The lowest BCUT2D eigenvalue weighted by Crippen LogP contribution is -2.33. The Morgan fingerprint density at radius 1 is 1.38 bits per heavy atom. The first-order chi connectivity index (χ1) is 12.6. The van der Waals surface area contributed by atoms with Crippen LogP contribution in [-0.4, -0.2) is 35.1 Å². The van der Waals surface area contributed by atoms with Crippen LogP contribution in [0.1, 0.15) is 30.3 Å². The average Bonchev–Trinajstić information content (AvgIpc) is 3.26. The van der Waals surface area contributed by atoms with Gasteiger partial charge in [-0.25, -0.2) is 0 Å². The smallest absolute Gasteiger partial charge is 0.229 e. The van der Waals surface area contributed by atoms with Crippen molar-refractivity contribution in [3.05, 3.63) is 39.9 Å². The number of hydrogen-bond acceptors (Lipinski definition) is 5. The predicted molar refractivity (Wildman–Crippen MR) is 103 cm³/mol. The number of amides is 2. The maximum absolute atomic E-state index is 12.4. The van der Waals surface area contributed by atoms with Gasteiger partial charge >= 0.3 is 0 Å². The standard InChI is InChI=1S/C18H21ClN4O2S/c1-2-15-21-22-18(26-15)23-11-13(10-16(23)24)17(25)20-9-5-7-12-6-3-4-8-14(12)19/h3-4,6,8,13H,2,5,7,9-11H2,1H3,(H,20,25). The van der Waals surface area contributed by atoms with Crippen molar-refractivity contribution in [3.63, 3.8) is 0 Å². The molecule has 0 spiro atoms. The molecule has 26 heavy (non-hydrogen) atoms. The van der Waals surface area contributed by atoms with Gasteiger partial charge in [0.1, 0.15) is 5.01 Å².